The molecule has 5 nitrogen and oxygen atoms in total. The van der Waals surface area contributed by atoms with Gasteiger partial charge in [-0.2, -0.15) is 0 Å². The minimum atomic E-state index is -0.676. The van der Waals surface area contributed by atoms with E-state index in [1.54, 1.807) is 31.4 Å². The average Bonchev–Trinajstić information content (AvgIpc) is 2.79. The molecule has 0 bridgehead atoms. The summed E-state index contributed by atoms with van der Waals surface area (Å²) in [4.78, 5) is 26.4. The first-order valence-electron chi connectivity index (χ1n) is 10.3. The first-order valence-corrected chi connectivity index (χ1v) is 10.3. The summed E-state index contributed by atoms with van der Waals surface area (Å²) in [5.41, 5.74) is 2.40. The molecule has 0 heterocycles. The topological polar surface area (TPSA) is 67.4 Å². The molecular weight excluding hydrogens is 388 g/mol. The lowest BCUT2D eigenvalue weighted by atomic mass is 9.89. The maximum Gasteiger partial charge on any atom is 0.247 e. The molecular formula is C26H28N2O3. The molecule has 0 fully saturated rings. The minimum absolute atomic E-state index is 0.0885. The monoisotopic (exact) mass is 416 g/mol. The van der Waals surface area contributed by atoms with Crippen LogP contribution in [0.5, 0.6) is 5.75 Å². The number of methoxy groups -OCH3 is 1. The van der Waals surface area contributed by atoms with Crippen molar-refractivity contribution < 1.29 is 14.3 Å². The molecule has 2 N–H and O–H groups in total. The Labute approximate surface area is 183 Å². The molecule has 5 heteroatoms. The Kier molecular flexibility index (Phi) is 7.44. The number of amides is 2. The van der Waals surface area contributed by atoms with Gasteiger partial charge in [0.15, 0.2) is 0 Å². The Bertz CT molecular complexity index is 947. The van der Waals surface area contributed by atoms with Gasteiger partial charge < -0.3 is 15.4 Å². The number of carbonyl (C=O) groups is 2. The Morgan fingerprint density at radius 2 is 1.26 bits per heavy atom. The molecule has 160 valence electrons. The lowest BCUT2D eigenvalue weighted by Gasteiger charge is -2.25. The van der Waals surface area contributed by atoms with Crippen LogP contribution in [0.15, 0.2) is 84.9 Å². The summed E-state index contributed by atoms with van der Waals surface area (Å²) in [6.07, 6.45) is 0. The van der Waals surface area contributed by atoms with Crippen molar-refractivity contribution in [3.05, 3.63) is 96.1 Å². The lowest BCUT2D eigenvalue weighted by Crippen LogP contribution is -2.48. The lowest BCUT2D eigenvalue weighted by molar-refractivity contribution is -0.127. The van der Waals surface area contributed by atoms with Crippen LogP contribution in [0.4, 0.5) is 5.69 Å². The molecule has 0 aliphatic rings. The van der Waals surface area contributed by atoms with E-state index in [0.29, 0.717) is 11.4 Å². The Morgan fingerprint density at radius 1 is 0.742 bits per heavy atom. The summed E-state index contributed by atoms with van der Waals surface area (Å²) in [5, 5.41) is 5.87. The highest BCUT2D eigenvalue weighted by atomic mass is 16.5. The molecule has 3 aromatic carbocycles. The van der Waals surface area contributed by atoms with Crippen LogP contribution >= 0.6 is 0 Å². The molecule has 0 saturated carbocycles. The smallest absolute Gasteiger partial charge is 0.247 e. The van der Waals surface area contributed by atoms with Gasteiger partial charge in [-0.15, -0.1) is 0 Å². The van der Waals surface area contributed by atoms with Crippen LogP contribution in [0, 0.1) is 5.92 Å². The third-order valence-electron chi connectivity index (χ3n) is 5.13. The Morgan fingerprint density at radius 3 is 1.71 bits per heavy atom. The summed E-state index contributed by atoms with van der Waals surface area (Å²) in [6.45, 7) is 3.83. The van der Waals surface area contributed by atoms with Crippen molar-refractivity contribution in [2.75, 3.05) is 12.4 Å². The molecule has 0 saturated heterocycles. The van der Waals surface area contributed by atoms with Crippen LogP contribution in [0.1, 0.15) is 30.9 Å². The predicted octanol–water partition coefficient (Wildman–Crippen LogP) is 4.61. The summed E-state index contributed by atoms with van der Waals surface area (Å²) < 4.78 is 5.15. The van der Waals surface area contributed by atoms with Crippen molar-refractivity contribution in [3.63, 3.8) is 0 Å². The fraction of sp³-hybridized carbons (Fsp3) is 0.231. The second kappa shape index (κ2) is 10.4. The molecule has 0 unspecified atom stereocenters. The molecule has 0 aliphatic heterocycles. The van der Waals surface area contributed by atoms with Crippen LogP contribution in [0.3, 0.4) is 0 Å². The van der Waals surface area contributed by atoms with E-state index in [9.17, 15) is 9.59 Å². The SMILES string of the molecule is COc1ccc(NC(=O)[C@@H](NC(=O)C(c2ccccc2)c2ccccc2)C(C)C)cc1. The number of benzene rings is 3. The van der Waals surface area contributed by atoms with E-state index in [0.717, 1.165) is 11.1 Å². The zero-order valence-corrected chi connectivity index (χ0v) is 18.0. The maximum atomic E-state index is 13.4. The summed E-state index contributed by atoms with van der Waals surface area (Å²) in [6, 6.07) is 25.6. The molecule has 2 amide bonds. The summed E-state index contributed by atoms with van der Waals surface area (Å²) >= 11 is 0. The van der Waals surface area contributed by atoms with E-state index in [4.69, 9.17) is 4.74 Å². The Hall–Kier alpha value is -3.60. The fourth-order valence-corrected chi connectivity index (χ4v) is 3.45. The van der Waals surface area contributed by atoms with Gasteiger partial charge >= 0.3 is 0 Å². The normalized spacial score (nSPS) is 11.8. The van der Waals surface area contributed by atoms with Gasteiger partial charge in [0, 0.05) is 5.69 Å². The zero-order valence-electron chi connectivity index (χ0n) is 18.0. The van der Waals surface area contributed by atoms with Gasteiger partial charge in [-0.25, -0.2) is 0 Å². The molecule has 1 atom stereocenters. The van der Waals surface area contributed by atoms with Gasteiger partial charge in [0.05, 0.1) is 13.0 Å². The number of carbonyl (C=O) groups excluding carboxylic acids is 2. The van der Waals surface area contributed by atoms with Crippen LogP contribution in [0.25, 0.3) is 0 Å². The van der Waals surface area contributed by atoms with Crippen LogP contribution < -0.4 is 15.4 Å². The van der Waals surface area contributed by atoms with Crippen molar-refractivity contribution in [1.29, 1.82) is 0 Å². The number of ether oxygens (including phenoxy) is 1. The maximum absolute atomic E-state index is 13.4. The van der Waals surface area contributed by atoms with Gasteiger partial charge in [-0.1, -0.05) is 74.5 Å². The average molecular weight is 417 g/mol. The number of hydrogen-bond acceptors (Lipinski definition) is 3. The Balaban J connectivity index is 1.81. The molecule has 3 rings (SSSR count). The van der Waals surface area contributed by atoms with Gasteiger partial charge in [0.1, 0.15) is 11.8 Å². The first-order chi connectivity index (χ1) is 15.0. The van der Waals surface area contributed by atoms with Crippen molar-refractivity contribution in [2.24, 2.45) is 5.92 Å². The highest BCUT2D eigenvalue weighted by Gasteiger charge is 2.29. The van der Waals surface area contributed by atoms with Gasteiger partial charge in [0.25, 0.3) is 0 Å². The van der Waals surface area contributed by atoms with Crippen molar-refractivity contribution >= 4 is 17.5 Å². The molecule has 0 aromatic heterocycles. The van der Waals surface area contributed by atoms with Crippen LogP contribution in [-0.2, 0) is 9.59 Å². The van der Waals surface area contributed by atoms with E-state index in [2.05, 4.69) is 10.6 Å². The predicted molar refractivity (Wildman–Crippen MR) is 123 cm³/mol. The van der Waals surface area contributed by atoms with E-state index < -0.39 is 12.0 Å². The van der Waals surface area contributed by atoms with Crippen LogP contribution in [0.2, 0.25) is 0 Å². The largest absolute Gasteiger partial charge is 0.497 e. The highest BCUT2D eigenvalue weighted by Crippen LogP contribution is 2.25. The molecule has 31 heavy (non-hydrogen) atoms. The van der Waals surface area contributed by atoms with Crippen molar-refractivity contribution in [1.82, 2.24) is 5.32 Å². The second-order valence-corrected chi connectivity index (χ2v) is 7.70. The van der Waals surface area contributed by atoms with Crippen molar-refractivity contribution in [2.45, 2.75) is 25.8 Å². The summed E-state index contributed by atoms with van der Waals surface area (Å²) in [5.74, 6) is -0.346. The molecule has 0 radical (unpaired) electrons. The number of anilines is 1. The third-order valence-corrected chi connectivity index (χ3v) is 5.13. The number of nitrogens with one attached hydrogen (secondary N) is 2. The van der Waals surface area contributed by atoms with Crippen molar-refractivity contribution in [3.8, 4) is 5.75 Å². The first kappa shape index (κ1) is 22.1. The van der Waals surface area contributed by atoms with E-state index in [1.807, 2.05) is 74.5 Å². The van der Waals surface area contributed by atoms with Gasteiger partial charge in [-0.3, -0.25) is 9.59 Å². The minimum Gasteiger partial charge on any atom is -0.497 e. The number of hydrogen-bond donors (Lipinski definition) is 2. The zero-order chi connectivity index (χ0) is 22.2. The van der Waals surface area contributed by atoms with E-state index in [-0.39, 0.29) is 17.7 Å². The number of rotatable bonds is 8. The molecule has 0 aliphatic carbocycles. The molecule has 0 spiro atoms. The van der Waals surface area contributed by atoms with Gasteiger partial charge in [-0.05, 0) is 41.3 Å². The van der Waals surface area contributed by atoms with E-state index >= 15 is 0 Å². The summed E-state index contributed by atoms with van der Waals surface area (Å²) in [7, 11) is 1.59. The molecule has 3 aromatic rings. The quantitative estimate of drug-likeness (QED) is 0.564. The highest BCUT2D eigenvalue weighted by molar-refractivity contribution is 5.98. The van der Waals surface area contributed by atoms with Gasteiger partial charge in [0.2, 0.25) is 11.8 Å². The fourth-order valence-electron chi connectivity index (χ4n) is 3.45. The second-order valence-electron chi connectivity index (χ2n) is 7.70. The standard InChI is InChI=1S/C26H28N2O3/c1-18(2)24(26(30)27-21-14-16-22(31-3)17-15-21)28-25(29)23(19-10-6-4-7-11-19)20-12-8-5-9-13-20/h4-18,23-24H,1-3H3,(H,27,30)(H,28,29)/t24-/m0/s1. The van der Waals surface area contributed by atoms with Crippen LogP contribution in [-0.4, -0.2) is 25.0 Å². The van der Waals surface area contributed by atoms with E-state index in [1.165, 1.54) is 0 Å². The third kappa shape index (κ3) is 5.72.